The number of likely N-dealkylation sites (N-methyl/N-ethyl adjacent to an activating group) is 1. The molecule has 0 radical (unpaired) electrons. The molecule has 1 heterocycles. The first-order valence-electron chi connectivity index (χ1n) is 8.98. The van der Waals surface area contributed by atoms with E-state index in [-0.39, 0.29) is 16.8 Å². The number of piperazine rings is 1. The van der Waals surface area contributed by atoms with Crippen LogP contribution >= 0.6 is 0 Å². The van der Waals surface area contributed by atoms with Crippen LogP contribution < -0.4 is 5.32 Å². The summed E-state index contributed by atoms with van der Waals surface area (Å²) in [6.07, 6.45) is 4.29. The predicted molar refractivity (Wildman–Crippen MR) is 97.2 cm³/mol. The van der Waals surface area contributed by atoms with E-state index in [2.05, 4.69) is 10.2 Å². The van der Waals surface area contributed by atoms with Crippen LogP contribution in [-0.2, 0) is 10.0 Å². The number of sulfonamides is 1. The second-order valence-electron chi connectivity index (χ2n) is 7.14. The van der Waals surface area contributed by atoms with Crippen molar-refractivity contribution in [3.63, 3.8) is 0 Å². The quantitative estimate of drug-likeness (QED) is 0.880. The average molecular weight is 365 g/mol. The third-order valence-corrected chi connectivity index (χ3v) is 7.26. The Kier molecular flexibility index (Phi) is 5.46. The fourth-order valence-corrected chi connectivity index (χ4v) is 5.20. The topological polar surface area (TPSA) is 69.7 Å². The first kappa shape index (κ1) is 18.4. The zero-order valence-corrected chi connectivity index (χ0v) is 15.8. The molecule has 0 bridgehead atoms. The zero-order chi connectivity index (χ0) is 18.0. The lowest BCUT2D eigenvalue weighted by atomic mass is 10.1. The van der Waals surface area contributed by atoms with Gasteiger partial charge in [0.15, 0.2) is 0 Å². The zero-order valence-electron chi connectivity index (χ0n) is 15.0. The molecule has 1 saturated heterocycles. The van der Waals surface area contributed by atoms with Crippen LogP contribution in [0.15, 0.2) is 23.1 Å². The highest BCUT2D eigenvalue weighted by molar-refractivity contribution is 7.89. The Balaban J connectivity index is 1.82. The fourth-order valence-electron chi connectivity index (χ4n) is 3.53. The minimum atomic E-state index is -3.57. The Labute approximate surface area is 150 Å². The minimum absolute atomic E-state index is 0.179. The number of carbonyl (C=O) groups is 1. The molecular formula is C18H27N3O3S. The van der Waals surface area contributed by atoms with E-state index >= 15 is 0 Å². The number of amides is 1. The van der Waals surface area contributed by atoms with E-state index in [0.717, 1.165) is 38.8 Å². The lowest BCUT2D eigenvalue weighted by molar-refractivity contribution is 0.0937. The molecule has 1 aliphatic heterocycles. The lowest BCUT2D eigenvalue weighted by Crippen LogP contribution is -2.47. The van der Waals surface area contributed by atoms with Crippen molar-refractivity contribution in [2.45, 2.75) is 43.5 Å². The van der Waals surface area contributed by atoms with Crippen LogP contribution in [0.2, 0.25) is 0 Å². The summed E-state index contributed by atoms with van der Waals surface area (Å²) in [4.78, 5) is 14.8. The Morgan fingerprint density at radius 2 is 1.76 bits per heavy atom. The van der Waals surface area contributed by atoms with Crippen molar-refractivity contribution in [1.29, 1.82) is 0 Å². The first-order valence-corrected chi connectivity index (χ1v) is 10.4. The second-order valence-corrected chi connectivity index (χ2v) is 9.05. The van der Waals surface area contributed by atoms with Gasteiger partial charge in [-0.2, -0.15) is 4.31 Å². The standard InChI is InChI=1S/C18H27N3O3S/c1-14-7-8-15(18(22)19-16-5-3-4-6-16)13-17(14)25(23,24)21-11-9-20(2)10-12-21/h7-8,13,16H,3-6,9-12H2,1-2H3,(H,19,22). The number of hydrogen-bond acceptors (Lipinski definition) is 4. The molecule has 6 nitrogen and oxygen atoms in total. The van der Waals surface area contributed by atoms with E-state index in [1.165, 1.54) is 10.4 Å². The Morgan fingerprint density at radius 3 is 2.40 bits per heavy atom. The van der Waals surface area contributed by atoms with Crippen molar-refractivity contribution in [3.05, 3.63) is 29.3 Å². The van der Waals surface area contributed by atoms with E-state index in [0.29, 0.717) is 24.2 Å². The maximum Gasteiger partial charge on any atom is 0.251 e. The third-order valence-electron chi connectivity index (χ3n) is 5.22. The number of rotatable bonds is 4. The third kappa shape index (κ3) is 4.04. The molecule has 0 unspecified atom stereocenters. The molecule has 1 N–H and O–H groups in total. The van der Waals surface area contributed by atoms with Gasteiger partial charge in [-0.15, -0.1) is 0 Å². The Morgan fingerprint density at radius 1 is 1.12 bits per heavy atom. The van der Waals surface area contributed by atoms with Crippen molar-refractivity contribution in [2.24, 2.45) is 0 Å². The summed E-state index contributed by atoms with van der Waals surface area (Å²) in [5.74, 6) is -0.179. The van der Waals surface area contributed by atoms with Gasteiger partial charge < -0.3 is 10.2 Å². The maximum absolute atomic E-state index is 13.0. The molecule has 7 heteroatoms. The van der Waals surface area contributed by atoms with Crippen LogP contribution in [0.4, 0.5) is 0 Å². The highest BCUT2D eigenvalue weighted by Crippen LogP contribution is 2.23. The van der Waals surface area contributed by atoms with Gasteiger partial charge in [-0.3, -0.25) is 4.79 Å². The molecule has 2 aliphatic rings. The SMILES string of the molecule is Cc1ccc(C(=O)NC2CCCC2)cc1S(=O)(=O)N1CCN(C)CC1. The minimum Gasteiger partial charge on any atom is -0.349 e. The number of nitrogens with one attached hydrogen (secondary N) is 1. The molecule has 0 spiro atoms. The molecule has 0 aromatic heterocycles. The molecule has 0 atom stereocenters. The molecule has 2 fully saturated rings. The van der Waals surface area contributed by atoms with Crippen molar-refractivity contribution < 1.29 is 13.2 Å². The van der Waals surface area contributed by atoms with Gasteiger partial charge >= 0.3 is 0 Å². The molecular weight excluding hydrogens is 338 g/mol. The molecule has 1 aromatic carbocycles. The summed E-state index contributed by atoms with van der Waals surface area (Å²) in [5.41, 5.74) is 1.10. The van der Waals surface area contributed by atoms with Crippen LogP contribution in [0, 0.1) is 6.92 Å². The number of hydrogen-bond donors (Lipinski definition) is 1. The summed E-state index contributed by atoms with van der Waals surface area (Å²) in [6.45, 7) is 4.19. The van der Waals surface area contributed by atoms with Crippen LogP contribution in [0.3, 0.4) is 0 Å². The van der Waals surface area contributed by atoms with Crippen LogP contribution in [-0.4, -0.2) is 62.8 Å². The van der Waals surface area contributed by atoms with Gasteiger partial charge in [-0.25, -0.2) is 8.42 Å². The molecule has 1 aromatic rings. The monoisotopic (exact) mass is 365 g/mol. The summed E-state index contributed by atoms with van der Waals surface area (Å²) in [6, 6.07) is 5.19. The van der Waals surface area contributed by atoms with Crippen molar-refractivity contribution in [1.82, 2.24) is 14.5 Å². The number of nitrogens with zero attached hydrogens (tertiary/aromatic N) is 2. The fraction of sp³-hybridized carbons (Fsp3) is 0.611. The largest absolute Gasteiger partial charge is 0.349 e. The van der Waals surface area contributed by atoms with E-state index < -0.39 is 10.0 Å². The van der Waals surface area contributed by atoms with Gasteiger partial charge in [-0.1, -0.05) is 18.9 Å². The van der Waals surface area contributed by atoms with Gasteiger partial charge in [0, 0.05) is 37.8 Å². The maximum atomic E-state index is 13.0. The molecule has 1 amide bonds. The molecule has 1 aliphatic carbocycles. The van der Waals surface area contributed by atoms with Crippen LogP contribution in [0.1, 0.15) is 41.6 Å². The Bertz CT molecular complexity index is 734. The number of aryl methyl sites for hydroxylation is 1. The summed E-state index contributed by atoms with van der Waals surface area (Å²) < 4.78 is 27.5. The number of carbonyl (C=O) groups excluding carboxylic acids is 1. The normalized spacial score (nSPS) is 20.7. The van der Waals surface area contributed by atoms with Crippen molar-refractivity contribution >= 4 is 15.9 Å². The van der Waals surface area contributed by atoms with E-state index in [1.54, 1.807) is 19.1 Å². The Hall–Kier alpha value is -1.44. The van der Waals surface area contributed by atoms with E-state index in [9.17, 15) is 13.2 Å². The van der Waals surface area contributed by atoms with Gasteiger partial charge in [-0.05, 0) is 44.5 Å². The molecule has 25 heavy (non-hydrogen) atoms. The van der Waals surface area contributed by atoms with Gasteiger partial charge in [0.05, 0.1) is 4.90 Å². The van der Waals surface area contributed by atoms with Crippen LogP contribution in [0.5, 0.6) is 0 Å². The summed E-state index contributed by atoms with van der Waals surface area (Å²) in [7, 11) is -1.58. The van der Waals surface area contributed by atoms with Crippen LogP contribution in [0.25, 0.3) is 0 Å². The predicted octanol–water partition coefficient (Wildman–Crippen LogP) is 1.60. The first-order chi connectivity index (χ1) is 11.9. The van der Waals surface area contributed by atoms with Crippen molar-refractivity contribution in [2.75, 3.05) is 33.2 Å². The molecule has 138 valence electrons. The smallest absolute Gasteiger partial charge is 0.251 e. The number of benzene rings is 1. The van der Waals surface area contributed by atoms with Gasteiger partial charge in [0.1, 0.15) is 0 Å². The van der Waals surface area contributed by atoms with E-state index in [1.807, 2.05) is 7.05 Å². The van der Waals surface area contributed by atoms with Gasteiger partial charge in [0.2, 0.25) is 10.0 Å². The van der Waals surface area contributed by atoms with Crippen molar-refractivity contribution in [3.8, 4) is 0 Å². The lowest BCUT2D eigenvalue weighted by Gasteiger charge is -2.32. The summed E-state index contributed by atoms with van der Waals surface area (Å²) in [5, 5.41) is 3.02. The molecule has 1 saturated carbocycles. The molecule has 3 rings (SSSR count). The highest BCUT2D eigenvalue weighted by atomic mass is 32.2. The summed E-state index contributed by atoms with van der Waals surface area (Å²) >= 11 is 0. The highest BCUT2D eigenvalue weighted by Gasteiger charge is 2.29. The average Bonchev–Trinajstić information content (AvgIpc) is 3.08. The van der Waals surface area contributed by atoms with Gasteiger partial charge in [0.25, 0.3) is 5.91 Å². The van der Waals surface area contributed by atoms with E-state index in [4.69, 9.17) is 0 Å². The second kappa shape index (κ2) is 7.43.